The highest BCUT2D eigenvalue weighted by Crippen LogP contribution is 2.28. The van der Waals surface area contributed by atoms with Crippen LogP contribution in [0.1, 0.15) is 11.1 Å². The average molecular weight is 474 g/mol. The second-order valence-corrected chi connectivity index (χ2v) is 8.70. The Labute approximate surface area is 200 Å². The van der Waals surface area contributed by atoms with Crippen LogP contribution in [0.5, 0.6) is 0 Å². The topological polar surface area (TPSA) is 111 Å². The molecule has 0 saturated carbocycles. The number of amides is 1. The molecule has 1 atom stereocenters. The number of aromatic amines is 1. The Morgan fingerprint density at radius 3 is 2.80 bits per heavy atom. The van der Waals surface area contributed by atoms with Crippen LogP contribution < -0.4 is 5.32 Å². The molecule has 0 radical (unpaired) electrons. The van der Waals surface area contributed by atoms with Crippen LogP contribution in [0.2, 0.25) is 0 Å². The number of nitrogens with one attached hydrogen (secondary N) is 2. The lowest BCUT2D eigenvalue weighted by Gasteiger charge is -2.31. The zero-order valence-corrected chi connectivity index (χ0v) is 19.5. The van der Waals surface area contributed by atoms with Crippen LogP contribution in [-0.2, 0) is 11.2 Å². The van der Waals surface area contributed by atoms with Crippen LogP contribution in [0.25, 0.3) is 27.8 Å². The number of aliphatic hydroxyl groups is 1. The van der Waals surface area contributed by atoms with Gasteiger partial charge in [0.25, 0.3) is 5.91 Å². The number of hydrogen-bond acceptors (Lipinski definition) is 6. The van der Waals surface area contributed by atoms with E-state index >= 15 is 0 Å². The number of H-pyrrole nitrogens is 1. The lowest BCUT2D eigenvalue weighted by Crippen LogP contribution is -2.54. The summed E-state index contributed by atoms with van der Waals surface area (Å²) in [5, 5.41) is 20.0. The van der Waals surface area contributed by atoms with E-state index in [0.717, 1.165) is 28.2 Å². The SMILES string of the molecule is Cc1cnn2c(N[C@](O)(Cc3c[nH]c4ccccc34)C(=O)N(C)C)cc(-c3cncc(F)c3)nc12. The Morgan fingerprint density at radius 2 is 2.03 bits per heavy atom. The van der Waals surface area contributed by atoms with Gasteiger partial charge in [0.05, 0.1) is 18.1 Å². The van der Waals surface area contributed by atoms with Crippen LogP contribution in [0.3, 0.4) is 0 Å². The van der Waals surface area contributed by atoms with Crippen molar-refractivity contribution in [1.82, 2.24) is 29.5 Å². The van der Waals surface area contributed by atoms with Crippen molar-refractivity contribution in [1.29, 1.82) is 0 Å². The van der Waals surface area contributed by atoms with Gasteiger partial charge in [-0.25, -0.2) is 9.37 Å². The van der Waals surface area contributed by atoms with Crippen molar-refractivity contribution >= 4 is 28.3 Å². The Bertz CT molecular complexity index is 1560. The number of nitrogens with zero attached hydrogens (tertiary/aromatic N) is 5. The number of pyridine rings is 1. The van der Waals surface area contributed by atoms with E-state index in [-0.39, 0.29) is 6.42 Å². The van der Waals surface area contributed by atoms with Crippen molar-refractivity contribution in [3.05, 3.63) is 78.1 Å². The van der Waals surface area contributed by atoms with Crippen LogP contribution in [0, 0.1) is 12.7 Å². The van der Waals surface area contributed by atoms with Crippen molar-refractivity contribution < 1.29 is 14.3 Å². The number of carbonyl (C=O) groups is 1. The van der Waals surface area contributed by atoms with Gasteiger partial charge >= 0.3 is 0 Å². The van der Waals surface area contributed by atoms with E-state index in [1.807, 2.05) is 31.2 Å². The summed E-state index contributed by atoms with van der Waals surface area (Å²) in [5.41, 5.74) is 1.80. The second-order valence-electron chi connectivity index (χ2n) is 8.70. The largest absolute Gasteiger partial charge is 0.363 e. The number of likely N-dealkylation sites (N-methyl/N-ethyl adjacent to an activating group) is 1. The minimum Gasteiger partial charge on any atom is -0.363 e. The Morgan fingerprint density at radius 1 is 1.23 bits per heavy atom. The maximum atomic E-state index is 13.9. The van der Waals surface area contributed by atoms with Crippen LogP contribution >= 0.6 is 0 Å². The van der Waals surface area contributed by atoms with E-state index in [1.165, 1.54) is 21.7 Å². The summed E-state index contributed by atoms with van der Waals surface area (Å²) < 4.78 is 15.4. The molecule has 0 fully saturated rings. The molecule has 0 aliphatic carbocycles. The predicted molar refractivity (Wildman–Crippen MR) is 130 cm³/mol. The number of halogens is 1. The first-order chi connectivity index (χ1) is 16.7. The van der Waals surface area contributed by atoms with Crippen LogP contribution in [-0.4, -0.2) is 60.3 Å². The van der Waals surface area contributed by atoms with Gasteiger partial charge in [0.1, 0.15) is 11.6 Å². The molecule has 0 spiro atoms. The minimum atomic E-state index is -2.01. The number of para-hydroxylation sites is 1. The molecule has 1 amide bonds. The third kappa shape index (κ3) is 4.08. The lowest BCUT2D eigenvalue weighted by atomic mass is 10.00. The first kappa shape index (κ1) is 22.5. The standard InChI is InChI=1S/C25H24FN7O2/c1-15-11-29-33-22(9-21(30-23(15)33)16-8-18(26)14-27-12-16)31-25(35,24(34)32(2)3)10-17-13-28-20-7-5-4-6-19(17)20/h4-9,11-14,28,31,35H,10H2,1-3H3/t25-/m0/s1. The zero-order chi connectivity index (χ0) is 24.7. The molecule has 10 heteroatoms. The minimum absolute atomic E-state index is 0.0189. The van der Waals surface area contributed by atoms with E-state index < -0.39 is 17.4 Å². The van der Waals surface area contributed by atoms with Gasteiger partial charge in [0.2, 0.25) is 5.72 Å². The summed E-state index contributed by atoms with van der Waals surface area (Å²) >= 11 is 0. The molecule has 0 bridgehead atoms. The van der Waals surface area contributed by atoms with Gasteiger partial charge in [-0.05, 0) is 24.6 Å². The van der Waals surface area contributed by atoms with E-state index in [2.05, 4.69) is 25.4 Å². The Hall–Kier alpha value is -4.31. The smallest absolute Gasteiger partial charge is 0.275 e. The average Bonchev–Trinajstić information content (AvgIpc) is 3.42. The van der Waals surface area contributed by atoms with E-state index in [4.69, 9.17) is 0 Å². The highest BCUT2D eigenvalue weighted by atomic mass is 19.1. The molecule has 1 aromatic carbocycles. The fraction of sp³-hybridized carbons (Fsp3) is 0.200. The molecule has 5 rings (SSSR count). The maximum Gasteiger partial charge on any atom is 0.275 e. The number of fused-ring (bicyclic) bond motifs is 2. The number of carbonyl (C=O) groups excluding carboxylic acids is 1. The number of benzene rings is 1. The fourth-order valence-corrected chi connectivity index (χ4v) is 4.17. The molecule has 35 heavy (non-hydrogen) atoms. The molecule has 5 aromatic rings. The molecule has 0 saturated heterocycles. The van der Waals surface area contributed by atoms with Crippen molar-refractivity contribution in [3.8, 4) is 11.3 Å². The monoisotopic (exact) mass is 473 g/mol. The highest BCUT2D eigenvalue weighted by Gasteiger charge is 2.39. The summed E-state index contributed by atoms with van der Waals surface area (Å²) in [6.45, 7) is 1.84. The summed E-state index contributed by atoms with van der Waals surface area (Å²) in [5.74, 6) is -0.715. The van der Waals surface area contributed by atoms with Gasteiger partial charge in [-0.2, -0.15) is 9.61 Å². The molecule has 178 valence electrons. The van der Waals surface area contributed by atoms with Gasteiger partial charge in [0, 0.05) is 61.0 Å². The predicted octanol–water partition coefficient (Wildman–Crippen LogP) is 3.15. The van der Waals surface area contributed by atoms with Crippen molar-refractivity contribution in [3.63, 3.8) is 0 Å². The first-order valence-corrected chi connectivity index (χ1v) is 11.0. The van der Waals surface area contributed by atoms with E-state index in [9.17, 15) is 14.3 Å². The number of aromatic nitrogens is 5. The van der Waals surface area contributed by atoms with E-state index in [0.29, 0.717) is 22.7 Å². The third-order valence-corrected chi connectivity index (χ3v) is 5.86. The summed E-state index contributed by atoms with van der Waals surface area (Å²) in [4.78, 5) is 26.3. The molecule has 0 aliphatic heterocycles. The molecular formula is C25H24FN7O2. The normalized spacial score (nSPS) is 13.2. The summed E-state index contributed by atoms with van der Waals surface area (Å²) in [6.07, 6.45) is 6.01. The van der Waals surface area contributed by atoms with Gasteiger partial charge in [-0.15, -0.1) is 0 Å². The molecule has 9 nitrogen and oxygen atoms in total. The van der Waals surface area contributed by atoms with Gasteiger partial charge < -0.3 is 20.3 Å². The molecule has 3 N–H and O–H groups in total. The van der Waals surface area contributed by atoms with E-state index in [1.54, 1.807) is 32.6 Å². The quantitative estimate of drug-likeness (QED) is 0.327. The van der Waals surface area contributed by atoms with Crippen LogP contribution in [0.15, 0.2) is 61.2 Å². The number of aryl methyl sites for hydroxylation is 1. The zero-order valence-electron chi connectivity index (χ0n) is 19.5. The first-order valence-electron chi connectivity index (χ1n) is 11.0. The lowest BCUT2D eigenvalue weighted by molar-refractivity contribution is -0.145. The highest BCUT2D eigenvalue weighted by molar-refractivity contribution is 5.90. The second kappa shape index (κ2) is 8.48. The fourth-order valence-electron chi connectivity index (χ4n) is 4.17. The molecule has 0 aliphatic rings. The number of rotatable bonds is 6. The summed E-state index contributed by atoms with van der Waals surface area (Å²) in [7, 11) is 3.16. The number of hydrogen-bond donors (Lipinski definition) is 3. The van der Waals surface area contributed by atoms with Gasteiger partial charge in [0.15, 0.2) is 5.65 Å². The molecular weight excluding hydrogens is 449 g/mol. The third-order valence-electron chi connectivity index (χ3n) is 5.86. The van der Waals surface area contributed by atoms with Crippen molar-refractivity contribution in [2.45, 2.75) is 19.1 Å². The molecule has 4 heterocycles. The van der Waals surface area contributed by atoms with Gasteiger partial charge in [-0.3, -0.25) is 9.78 Å². The van der Waals surface area contributed by atoms with Crippen molar-refractivity contribution in [2.75, 3.05) is 19.4 Å². The summed E-state index contributed by atoms with van der Waals surface area (Å²) in [6, 6.07) is 10.6. The molecule has 4 aromatic heterocycles. The Kier molecular flexibility index (Phi) is 5.45. The van der Waals surface area contributed by atoms with Crippen LogP contribution in [0.4, 0.5) is 10.2 Å². The van der Waals surface area contributed by atoms with Crippen molar-refractivity contribution in [2.24, 2.45) is 0 Å². The number of anilines is 1. The Balaban J connectivity index is 1.63. The van der Waals surface area contributed by atoms with Gasteiger partial charge in [-0.1, -0.05) is 18.2 Å². The molecule has 0 unspecified atom stereocenters. The maximum absolute atomic E-state index is 13.9.